The summed E-state index contributed by atoms with van der Waals surface area (Å²) in [7, 11) is -0.638. The Labute approximate surface area is 87.2 Å². The van der Waals surface area contributed by atoms with Gasteiger partial charge in [0.1, 0.15) is 5.78 Å². The molecule has 0 aliphatic carbocycles. The van der Waals surface area contributed by atoms with Crippen LogP contribution < -0.4 is 0 Å². The lowest BCUT2D eigenvalue weighted by Crippen LogP contribution is -2.32. The quantitative estimate of drug-likeness (QED) is 0.669. The fourth-order valence-electron chi connectivity index (χ4n) is 2.60. The fourth-order valence-corrected chi connectivity index (χ4v) is 4.73. The van der Waals surface area contributed by atoms with Gasteiger partial charge in [0.25, 0.3) is 0 Å². The van der Waals surface area contributed by atoms with Gasteiger partial charge in [0, 0.05) is 33.6 Å². The Morgan fingerprint density at radius 1 is 1.36 bits per heavy atom. The lowest BCUT2D eigenvalue weighted by atomic mass is 9.93. The van der Waals surface area contributed by atoms with Crippen molar-refractivity contribution in [2.24, 2.45) is 5.92 Å². The number of carbonyl (C=O) groups is 1. The van der Waals surface area contributed by atoms with E-state index in [9.17, 15) is 9.00 Å². The van der Waals surface area contributed by atoms with E-state index in [2.05, 4.69) is 6.58 Å². The molecule has 2 fully saturated rings. The van der Waals surface area contributed by atoms with E-state index in [4.69, 9.17) is 0 Å². The third kappa shape index (κ3) is 1.70. The normalized spacial score (nSPS) is 40.9. The zero-order valence-electron chi connectivity index (χ0n) is 8.28. The monoisotopic (exact) mass is 212 g/mol. The van der Waals surface area contributed by atoms with Crippen LogP contribution >= 0.6 is 0 Å². The number of hydrogen-bond donors (Lipinski definition) is 0. The first kappa shape index (κ1) is 10.1. The molecule has 0 radical (unpaired) electrons. The first-order valence-electron chi connectivity index (χ1n) is 5.25. The van der Waals surface area contributed by atoms with Gasteiger partial charge in [-0.3, -0.25) is 9.00 Å². The number of fused-ring (bicyclic) bond motifs is 2. The van der Waals surface area contributed by atoms with Gasteiger partial charge < -0.3 is 0 Å². The van der Waals surface area contributed by atoms with E-state index in [1.807, 2.05) is 0 Å². The first-order valence-corrected chi connectivity index (χ1v) is 6.53. The van der Waals surface area contributed by atoms with Gasteiger partial charge in [-0.25, -0.2) is 0 Å². The van der Waals surface area contributed by atoms with Crippen molar-refractivity contribution in [3.8, 4) is 0 Å². The van der Waals surface area contributed by atoms with Crippen LogP contribution in [0.25, 0.3) is 0 Å². The lowest BCUT2D eigenvalue weighted by Gasteiger charge is -2.25. The second kappa shape index (κ2) is 3.97. The summed E-state index contributed by atoms with van der Waals surface area (Å²) in [5.74, 6) is 0.469. The summed E-state index contributed by atoms with van der Waals surface area (Å²) in [6.45, 7) is 3.58. The van der Waals surface area contributed by atoms with E-state index in [0.29, 0.717) is 22.7 Å². The molecule has 0 saturated carbocycles. The van der Waals surface area contributed by atoms with Crippen molar-refractivity contribution in [2.45, 2.75) is 42.6 Å². The van der Waals surface area contributed by atoms with Gasteiger partial charge in [0.15, 0.2) is 0 Å². The summed E-state index contributed by atoms with van der Waals surface area (Å²) < 4.78 is 11.7. The van der Waals surface area contributed by atoms with Crippen molar-refractivity contribution >= 4 is 16.6 Å². The van der Waals surface area contributed by atoms with Crippen LogP contribution in [0.2, 0.25) is 0 Å². The smallest absolute Gasteiger partial charge is 0.139 e. The summed E-state index contributed by atoms with van der Waals surface area (Å²) in [5.41, 5.74) is 0. The van der Waals surface area contributed by atoms with Crippen LogP contribution in [0.1, 0.15) is 32.1 Å². The summed E-state index contributed by atoms with van der Waals surface area (Å²) in [6, 6.07) is 0. The van der Waals surface area contributed by atoms with Crippen molar-refractivity contribution in [2.75, 3.05) is 0 Å². The van der Waals surface area contributed by atoms with Gasteiger partial charge >= 0.3 is 0 Å². The highest BCUT2D eigenvalue weighted by atomic mass is 32.2. The van der Waals surface area contributed by atoms with Crippen LogP contribution in [-0.4, -0.2) is 20.5 Å². The average Bonchev–Trinajstić information content (AvgIpc) is 2.42. The first-order chi connectivity index (χ1) is 6.72. The van der Waals surface area contributed by atoms with E-state index in [-0.39, 0.29) is 5.92 Å². The largest absolute Gasteiger partial charge is 0.299 e. The molecule has 0 aromatic heterocycles. The van der Waals surface area contributed by atoms with E-state index in [1.165, 1.54) is 0 Å². The number of ketones is 1. The van der Waals surface area contributed by atoms with Gasteiger partial charge in [-0.15, -0.1) is 6.58 Å². The molecule has 2 saturated heterocycles. The molecular formula is C11H16O2S. The molecule has 2 rings (SSSR count). The number of rotatable bonds is 3. The van der Waals surface area contributed by atoms with E-state index >= 15 is 0 Å². The molecule has 78 valence electrons. The Morgan fingerprint density at radius 3 is 2.43 bits per heavy atom. The summed E-state index contributed by atoms with van der Waals surface area (Å²) in [6.07, 6.45) is 6.00. The summed E-state index contributed by atoms with van der Waals surface area (Å²) in [5, 5.41) is 0.625. The van der Waals surface area contributed by atoms with Gasteiger partial charge in [0.05, 0.1) is 0 Å². The van der Waals surface area contributed by atoms with Gasteiger partial charge in [0.2, 0.25) is 0 Å². The maximum absolute atomic E-state index is 11.7. The van der Waals surface area contributed by atoms with Crippen molar-refractivity contribution in [3.63, 3.8) is 0 Å². The molecule has 2 bridgehead atoms. The molecule has 2 atom stereocenters. The minimum absolute atomic E-state index is 0.170. The minimum atomic E-state index is -0.638. The van der Waals surface area contributed by atoms with Crippen LogP contribution in [0.15, 0.2) is 12.7 Å². The van der Waals surface area contributed by atoms with Crippen molar-refractivity contribution < 1.29 is 9.00 Å². The molecule has 0 amide bonds. The predicted octanol–water partition coefficient (Wildman–Crippen LogP) is 1.82. The average molecular weight is 212 g/mol. The lowest BCUT2D eigenvalue weighted by molar-refractivity contribution is -0.122. The molecule has 14 heavy (non-hydrogen) atoms. The number of Topliss-reactive ketones (excluding diaryl/α,β-unsaturated/α-hetero) is 1. The maximum atomic E-state index is 11.7. The maximum Gasteiger partial charge on any atom is 0.139 e. The highest BCUT2D eigenvalue weighted by Gasteiger charge is 2.42. The molecule has 2 nitrogen and oxygen atoms in total. The SMILES string of the molecule is C=CCC(=O)C1CC2CCC(C1)S2=O. The number of allylic oxidation sites excluding steroid dienone is 1. The van der Waals surface area contributed by atoms with Crippen molar-refractivity contribution in [1.29, 1.82) is 0 Å². The molecule has 0 N–H and O–H groups in total. The highest BCUT2D eigenvalue weighted by molar-refractivity contribution is 7.86. The Hall–Kier alpha value is -0.440. The Kier molecular flexibility index (Phi) is 2.86. The van der Waals surface area contributed by atoms with Crippen LogP contribution in [0.5, 0.6) is 0 Å². The molecule has 0 spiro atoms. The zero-order chi connectivity index (χ0) is 10.1. The Morgan fingerprint density at radius 2 is 1.93 bits per heavy atom. The van der Waals surface area contributed by atoms with Crippen LogP contribution in [-0.2, 0) is 15.6 Å². The summed E-state index contributed by atoms with van der Waals surface area (Å²) >= 11 is 0. The molecular weight excluding hydrogens is 196 g/mol. The van der Waals surface area contributed by atoms with E-state index in [0.717, 1.165) is 25.7 Å². The highest BCUT2D eigenvalue weighted by Crippen LogP contribution is 2.39. The van der Waals surface area contributed by atoms with Crippen LogP contribution in [0.3, 0.4) is 0 Å². The zero-order valence-corrected chi connectivity index (χ0v) is 9.09. The molecule has 2 heterocycles. The Bertz CT molecular complexity index is 269. The summed E-state index contributed by atoms with van der Waals surface area (Å²) in [4.78, 5) is 11.7. The second-order valence-electron chi connectivity index (χ2n) is 4.28. The van der Waals surface area contributed by atoms with Crippen molar-refractivity contribution in [1.82, 2.24) is 0 Å². The molecule has 0 aromatic carbocycles. The third-order valence-electron chi connectivity index (χ3n) is 3.36. The second-order valence-corrected chi connectivity index (χ2v) is 6.27. The Balaban J connectivity index is 2.02. The fraction of sp³-hybridized carbons (Fsp3) is 0.727. The molecule has 2 unspecified atom stereocenters. The molecule has 2 aliphatic heterocycles. The van der Waals surface area contributed by atoms with E-state index in [1.54, 1.807) is 6.08 Å². The molecule has 3 heteroatoms. The van der Waals surface area contributed by atoms with E-state index < -0.39 is 10.8 Å². The molecule has 0 aromatic rings. The standard InChI is InChI=1S/C11H16O2S/c1-2-3-11(12)8-6-9-4-5-10(7-8)14(9)13/h2,8-10H,1,3-7H2. The number of carbonyl (C=O) groups excluding carboxylic acids is 1. The third-order valence-corrected chi connectivity index (χ3v) is 5.53. The van der Waals surface area contributed by atoms with Gasteiger partial charge in [-0.05, 0) is 25.7 Å². The molecule has 2 aliphatic rings. The van der Waals surface area contributed by atoms with Crippen LogP contribution in [0, 0.1) is 5.92 Å². The predicted molar refractivity (Wildman–Crippen MR) is 57.5 cm³/mol. The van der Waals surface area contributed by atoms with Crippen LogP contribution in [0.4, 0.5) is 0 Å². The van der Waals surface area contributed by atoms with Gasteiger partial charge in [-0.1, -0.05) is 6.08 Å². The topological polar surface area (TPSA) is 34.1 Å². The van der Waals surface area contributed by atoms with Gasteiger partial charge in [-0.2, -0.15) is 0 Å². The van der Waals surface area contributed by atoms with Crippen molar-refractivity contribution in [3.05, 3.63) is 12.7 Å². The number of hydrogen-bond acceptors (Lipinski definition) is 2. The minimum Gasteiger partial charge on any atom is -0.299 e.